The number of nitrogens with zero attached hydrogens (tertiary/aromatic N) is 2. The highest BCUT2D eigenvalue weighted by Crippen LogP contribution is 2.05. The van der Waals surface area contributed by atoms with E-state index in [4.69, 9.17) is 5.11 Å². The van der Waals surface area contributed by atoms with Gasteiger partial charge in [0.1, 0.15) is 0 Å². The third kappa shape index (κ3) is 1.31. The van der Waals surface area contributed by atoms with Crippen molar-refractivity contribution >= 4 is 27.7 Å². The van der Waals surface area contributed by atoms with E-state index in [0.29, 0.717) is 4.47 Å². The summed E-state index contributed by atoms with van der Waals surface area (Å²) in [6, 6.07) is 0. The summed E-state index contributed by atoms with van der Waals surface area (Å²) < 4.78 is 1.74. The van der Waals surface area contributed by atoms with Crippen molar-refractivity contribution in [3.63, 3.8) is 0 Å². The summed E-state index contributed by atoms with van der Waals surface area (Å²) in [4.78, 5) is 27.8. The van der Waals surface area contributed by atoms with Gasteiger partial charge in [0.05, 0.1) is 4.47 Å². The quantitative estimate of drug-likeness (QED) is 0.778. The van der Waals surface area contributed by atoms with E-state index in [1.165, 1.54) is 16.8 Å². The van der Waals surface area contributed by atoms with Gasteiger partial charge < -0.3 is 5.11 Å². The third-order valence-electron chi connectivity index (χ3n) is 1.65. The van der Waals surface area contributed by atoms with E-state index < -0.39 is 5.97 Å². The van der Waals surface area contributed by atoms with Crippen molar-refractivity contribution in [3.8, 4) is 0 Å². The van der Waals surface area contributed by atoms with Gasteiger partial charge in [0, 0.05) is 12.4 Å². The molecule has 0 aliphatic heterocycles. The molecule has 0 aliphatic carbocycles. The second-order valence-electron chi connectivity index (χ2n) is 2.59. The first-order valence-corrected chi connectivity index (χ1v) is 4.38. The molecule has 0 aromatic carbocycles. The largest absolute Gasteiger partial charge is 0.476 e. The van der Waals surface area contributed by atoms with Crippen molar-refractivity contribution < 1.29 is 9.90 Å². The first kappa shape index (κ1) is 8.95. The third-order valence-corrected chi connectivity index (χ3v) is 2.21. The fraction of sp³-hybridized carbons (Fsp3) is 0. The maximum absolute atomic E-state index is 11.1. The topological polar surface area (TPSA) is 87.5 Å². The van der Waals surface area contributed by atoms with Crippen LogP contribution in [0.1, 0.15) is 10.5 Å². The molecule has 0 amide bonds. The number of imidazole rings is 1. The Labute approximate surface area is 85.3 Å². The molecule has 2 rings (SSSR count). The number of H-pyrrole nitrogens is 1. The van der Waals surface area contributed by atoms with Crippen LogP contribution in [0.4, 0.5) is 0 Å². The molecular weight excluding hydrogens is 254 g/mol. The molecule has 2 heterocycles. The lowest BCUT2D eigenvalue weighted by Gasteiger charge is -1.91. The van der Waals surface area contributed by atoms with Gasteiger partial charge in [-0.2, -0.15) is 0 Å². The molecule has 14 heavy (non-hydrogen) atoms. The van der Waals surface area contributed by atoms with Crippen molar-refractivity contribution in [2.24, 2.45) is 0 Å². The van der Waals surface area contributed by atoms with Gasteiger partial charge >= 0.3 is 5.97 Å². The van der Waals surface area contributed by atoms with Gasteiger partial charge in [-0.05, 0) is 15.9 Å². The minimum atomic E-state index is -1.13. The van der Waals surface area contributed by atoms with Crippen LogP contribution >= 0.6 is 15.9 Å². The average molecular weight is 258 g/mol. The molecule has 7 heteroatoms. The molecule has 72 valence electrons. The Balaban J connectivity index is 2.78. The van der Waals surface area contributed by atoms with Gasteiger partial charge in [0.2, 0.25) is 5.78 Å². The Morgan fingerprint density at radius 2 is 2.29 bits per heavy atom. The lowest BCUT2D eigenvalue weighted by atomic mass is 10.5. The standard InChI is InChI=1S/C7H4BrN3O3/c8-3-1-11-2-4(6(13)14)9-7(11)10-5(3)12/h1-2H,(H,13,14)(H,9,10,12). The Morgan fingerprint density at radius 3 is 2.93 bits per heavy atom. The van der Waals surface area contributed by atoms with Crippen LogP contribution in [0.15, 0.2) is 21.7 Å². The van der Waals surface area contributed by atoms with E-state index >= 15 is 0 Å². The SMILES string of the molecule is O=C(O)c1cn2cc(Br)c(=O)[nH]c2n1. The minimum absolute atomic E-state index is 0.112. The number of carboxylic acids is 1. The maximum atomic E-state index is 11.1. The van der Waals surface area contributed by atoms with Crippen molar-refractivity contribution in [1.29, 1.82) is 0 Å². The van der Waals surface area contributed by atoms with Crippen LogP contribution in [-0.2, 0) is 0 Å². The predicted molar refractivity (Wildman–Crippen MR) is 50.5 cm³/mol. The van der Waals surface area contributed by atoms with E-state index in [-0.39, 0.29) is 17.0 Å². The Bertz CT molecular complexity index is 571. The number of fused-ring (bicyclic) bond motifs is 1. The molecule has 0 radical (unpaired) electrons. The van der Waals surface area contributed by atoms with E-state index in [2.05, 4.69) is 25.9 Å². The van der Waals surface area contributed by atoms with Gasteiger partial charge in [-0.1, -0.05) is 0 Å². The number of aromatic amines is 1. The molecule has 0 bridgehead atoms. The number of carbonyl (C=O) groups is 1. The predicted octanol–water partition coefficient (Wildman–Crippen LogP) is 0.483. The monoisotopic (exact) mass is 257 g/mol. The lowest BCUT2D eigenvalue weighted by molar-refractivity contribution is 0.0691. The summed E-state index contributed by atoms with van der Waals surface area (Å²) in [6.07, 6.45) is 2.77. The van der Waals surface area contributed by atoms with Crippen LogP contribution < -0.4 is 5.56 Å². The van der Waals surface area contributed by atoms with Gasteiger partial charge in [-0.25, -0.2) is 9.78 Å². The molecule has 2 N–H and O–H groups in total. The van der Waals surface area contributed by atoms with E-state index in [9.17, 15) is 9.59 Å². The summed E-state index contributed by atoms with van der Waals surface area (Å²) >= 11 is 3.02. The average Bonchev–Trinajstić information content (AvgIpc) is 2.48. The Kier molecular flexibility index (Phi) is 1.88. The number of aromatic nitrogens is 3. The number of rotatable bonds is 1. The molecule has 0 unspecified atom stereocenters. The lowest BCUT2D eigenvalue weighted by Crippen LogP contribution is -2.08. The van der Waals surface area contributed by atoms with Crippen LogP contribution in [0.3, 0.4) is 0 Å². The second-order valence-corrected chi connectivity index (χ2v) is 3.45. The smallest absolute Gasteiger partial charge is 0.356 e. The summed E-state index contributed by atoms with van der Waals surface area (Å²) in [5, 5.41) is 8.64. The number of hydrogen-bond acceptors (Lipinski definition) is 3. The van der Waals surface area contributed by atoms with Gasteiger partial charge in [0.25, 0.3) is 5.56 Å². The van der Waals surface area contributed by atoms with Crippen LogP contribution in [-0.4, -0.2) is 25.4 Å². The normalized spacial score (nSPS) is 10.6. The van der Waals surface area contributed by atoms with Gasteiger partial charge in [-0.3, -0.25) is 14.2 Å². The summed E-state index contributed by atoms with van der Waals surface area (Å²) in [5.41, 5.74) is -0.459. The molecule has 0 saturated heterocycles. The fourth-order valence-corrected chi connectivity index (χ4v) is 1.35. The van der Waals surface area contributed by atoms with Crippen molar-refractivity contribution in [1.82, 2.24) is 14.4 Å². The van der Waals surface area contributed by atoms with Crippen LogP contribution in [0, 0.1) is 0 Å². The molecule has 2 aromatic rings. The first-order valence-electron chi connectivity index (χ1n) is 3.59. The number of nitrogens with one attached hydrogen (secondary N) is 1. The molecule has 0 saturated carbocycles. The van der Waals surface area contributed by atoms with Crippen molar-refractivity contribution in [2.45, 2.75) is 0 Å². The van der Waals surface area contributed by atoms with Crippen molar-refractivity contribution in [3.05, 3.63) is 32.9 Å². The number of aromatic carboxylic acids is 1. The molecule has 0 fully saturated rings. The maximum Gasteiger partial charge on any atom is 0.356 e. The van der Waals surface area contributed by atoms with Crippen LogP contribution in [0.2, 0.25) is 0 Å². The van der Waals surface area contributed by atoms with E-state index in [1.807, 2.05) is 0 Å². The van der Waals surface area contributed by atoms with Gasteiger partial charge in [0.15, 0.2) is 5.69 Å². The number of carboxylic acid groups (broad SMARTS) is 1. The molecule has 2 aromatic heterocycles. The minimum Gasteiger partial charge on any atom is -0.476 e. The van der Waals surface area contributed by atoms with Crippen LogP contribution in [0.25, 0.3) is 5.78 Å². The molecular formula is C7H4BrN3O3. The van der Waals surface area contributed by atoms with Gasteiger partial charge in [-0.15, -0.1) is 0 Å². The summed E-state index contributed by atoms with van der Waals surface area (Å²) in [7, 11) is 0. The van der Waals surface area contributed by atoms with Crippen molar-refractivity contribution in [2.75, 3.05) is 0 Å². The number of hydrogen-bond donors (Lipinski definition) is 2. The molecule has 0 aliphatic rings. The zero-order chi connectivity index (χ0) is 10.3. The zero-order valence-electron chi connectivity index (χ0n) is 6.69. The summed E-state index contributed by atoms with van der Waals surface area (Å²) in [5.74, 6) is -0.929. The molecule has 6 nitrogen and oxygen atoms in total. The van der Waals surface area contributed by atoms with E-state index in [1.54, 1.807) is 0 Å². The first-order chi connectivity index (χ1) is 6.58. The highest BCUT2D eigenvalue weighted by atomic mass is 79.9. The Hall–Kier alpha value is -1.63. The number of halogens is 1. The van der Waals surface area contributed by atoms with E-state index in [0.717, 1.165) is 0 Å². The fourth-order valence-electron chi connectivity index (χ4n) is 1.03. The van der Waals surface area contributed by atoms with Crippen LogP contribution in [0.5, 0.6) is 0 Å². The highest BCUT2D eigenvalue weighted by molar-refractivity contribution is 9.10. The summed E-state index contributed by atoms with van der Waals surface area (Å²) in [6.45, 7) is 0. The zero-order valence-corrected chi connectivity index (χ0v) is 8.28. The highest BCUT2D eigenvalue weighted by Gasteiger charge is 2.09. The molecule has 0 atom stereocenters. The molecule has 0 spiro atoms. The second kappa shape index (κ2) is 2.95. The Morgan fingerprint density at radius 1 is 1.57 bits per heavy atom.